The Balaban J connectivity index is 2.07. The maximum atomic E-state index is 13.1. The Morgan fingerprint density at radius 1 is 1.09 bits per heavy atom. The Morgan fingerprint density at radius 2 is 1.91 bits per heavy atom. The molecule has 0 saturated carbocycles. The van der Waals surface area contributed by atoms with Gasteiger partial charge in [0, 0.05) is 17.1 Å². The largest absolute Gasteiger partial charge is 0.497 e. The summed E-state index contributed by atoms with van der Waals surface area (Å²) in [6, 6.07) is 11.1. The second-order valence-electron chi connectivity index (χ2n) is 7.05. The molecule has 0 spiro atoms. The lowest BCUT2D eigenvalue weighted by molar-refractivity contribution is -0.139. The molecule has 1 atom stereocenters. The Bertz CT molecular complexity index is 1020. The minimum Gasteiger partial charge on any atom is -0.497 e. The normalized spacial score (nSPS) is 15.9. The van der Waals surface area contributed by atoms with Crippen molar-refractivity contribution in [2.45, 2.75) is 25.5 Å². The van der Waals surface area contributed by atoms with Crippen molar-refractivity contribution in [3.05, 3.63) is 76.5 Å². The van der Waals surface area contributed by atoms with E-state index in [1.807, 2.05) is 36.4 Å². The first-order valence-electron chi connectivity index (χ1n) is 10.2. The van der Waals surface area contributed by atoms with Crippen molar-refractivity contribution >= 4 is 23.7 Å². The third kappa shape index (κ3) is 5.19. The van der Waals surface area contributed by atoms with Crippen LogP contribution in [-0.4, -0.2) is 38.5 Å². The summed E-state index contributed by atoms with van der Waals surface area (Å²) in [7, 11) is 2.90. The number of dihydropyridines is 1. The summed E-state index contributed by atoms with van der Waals surface area (Å²) in [5.41, 5.74) is 2.81. The second kappa shape index (κ2) is 10.9. The summed E-state index contributed by atoms with van der Waals surface area (Å²) in [5, 5.41) is 3.25. The van der Waals surface area contributed by atoms with Gasteiger partial charge in [0.05, 0.1) is 49.9 Å². The molecule has 0 fully saturated rings. The Labute approximate surface area is 191 Å². The molecule has 8 heteroatoms. The van der Waals surface area contributed by atoms with Crippen molar-refractivity contribution in [2.24, 2.45) is 0 Å². The van der Waals surface area contributed by atoms with Gasteiger partial charge >= 0.3 is 11.9 Å². The highest BCUT2D eigenvalue weighted by molar-refractivity contribution is 7.98. The summed E-state index contributed by atoms with van der Waals surface area (Å²) < 4.78 is 21.2. The molecule has 32 heavy (non-hydrogen) atoms. The predicted molar refractivity (Wildman–Crippen MR) is 122 cm³/mol. The van der Waals surface area contributed by atoms with E-state index in [1.165, 1.54) is 7.11 Å². The molecule has 0 bridgehead atoms. The van der Waals surface area contributed by atoms with E-state index in [1.54, 1.807) is 39.0 Å². The van der Waals surface area contributed by atoms with Crippen molar-refractivity contribution in [1.29, 1.82) is 0 Å². The van der Waals surface area contributed by atoms with Crippen LogP contribution in [0.2, 0.25) is 0 Å². The standard InChI is InChI=1S/C24H27NO6S/c1-5-30-24(27)22-19(14-32-13-18-10-7-11-31-18)25-15(2)20(23(26)29-4)21(22)16-8-6-9-17(12-16)28-3/h6-12,21,25H,5,13-14H2,1-4H3. The van der Waals surface area contributed by atoms with Gasteiger partial charge in [0.2, 0.25) is 0 Å². The van der Waals surface area contributed by atoms with Crippen LogP contribution in [-0.2, 0) is 24.8 Å². The number of ether oxygens (including phenoxy) is 3. The van der Waals surface area contributed by atoms with Crippen LogP contribution in [0.15, 0.2) is 69.6 Å². The van der Waals surface area contributed by atoms with Crippen molar-refractivity contribution in [1.82, 2.24) is 5.32 Å². The molecule has 170 valence electrons. The summed E-state index contributed by atoms with van der Waals surface area (Å²) in [6.45, 7) is 3.78. The highest BCUT2D eigenvalue weighted by Gasteiger charge is 2.38. The van der Waals surface area contributed by atoms with E-state index in [2.05, 4.69) is 5.32 Å². The molecule has 2 aromatic rings. The SMILES string of the molecule is CCOC(=O)C1=C(CSCc2ccco2)NC(C)=C(C(=O)OC)C1c1cccc(OC)c1. The zero-order chi connectivity index (χ0) is 23.1. The maximum Gasteiger partial charge on any atom is 0.336 e. The molecule has 0 aliphatic carbocycles. The van der Waals surface area contributed by atoms with Gasteiger partial charge in [-0.15, -0.1) is 11.8 Å². The molecule has 1 unspecified atom stereocenters. The van der Waals surface area contributed by atoms with Crippen LogP contribution in [0.25, 0.3) is 0 Å². The van der Waals surface area contributed by atoms with Crippen LogP contribution in [0.4, 0.5) is 0 Å². The lowest BCUT2D eigenvalue weighted by Crippen LogP contribution is -2.34. The van der Waals surface area contributed by atoms with Gasteiger partial charge < -0.3 is 23.9 Å². The number of benzene rings is 1. The third-order valence-electron chi connectivity index (χ3n) is 5.04. The van der Waals surface area contributed by atoms with E-state index in [9.17, 15) is 9.59 Å². The van der Waals surface area contributed by atoms with E-state index < -0.39 is 17.9 Å². The number of esters is 2. The predicted octanol–water partition coefficient (Wildman–Crippen LogP) is 4.17. The fraction of sp³-hybridized carbons (Fsp3) is 0.333. The van der Waals surface area contributed by atoms with Gasteiger partial charge in [-0.05, 0) is 43.7 Å². The Hall–Kier alpha value is -3.13. The number of hydrogen-bond acceptors (Lipinski definition) is 8. The van der Waals surface area contributed by atoms with Crippen LogP contribution in [0.1, 0.15) is 31.1 Å². The van der Waals surface area contributed by atoms with Gasteiger partial charge in [-0.25, -0.2) is 9.59 Å². The topological polar surface area (TPSA) is 87.0 Å². The smallest absolute Gasteiger partial charge is 0.336 e. The van der Waals surface area contributed by atoms with Crippen molar-refractivity contribution in [3.63, 3.8) is 0 Å². The number of carbonyl (C=O) groups excluding carboxylic acids is 2. The Kier molecular flexibility index (Phi) is 8.05. The lowest BCUT2D eigenvalue weighted by atomic mass is 9.80. The zero-order valence-electron chi connectivity index (χ0n) is 18.6. The van der Waals surface area contributed by atoms with Crippen molar-refractivity contribution in [3.8, 4) is 5.75 Å². The maximum absolute atomic E-state index is 13.1. The molecule has 3 rings (SSSR count). The zero-order valence-corrected chi connectivity index (χ0v) is 19.4. The minimum atomic E-state index is -0.655. The number of methoxy groups -OCH3 is 2. The number of rotatable bonds is 9. The molecule has 0 saturated heterocycles. The molecular formula is C24H27NO6S. The molecule has 7 nitrogen and oxygen atoms in total. The highest BCUT2D eigenvalue weighted by Crippen LogP contribution is 2.41. The first kappa shape index (κ1) is 23.5. The average Bonchev–Trinajstić information content (AvgIpc) is 3.31. The van der Waals surface area contributed by atoms with Gasteiger partial charge in [-0.1, -0.05) is 12.1 Å². The van der Waals surface area contributed by atoms with Crippen molar-refractivity contribution < 1.29 is 28.2 Å². The van der Waals surface area contributed by atoms with E-state index in [0.29, 0.717) is 39.8 Å². The number of hydrogen-bond donors (Lipinski definition) is 1. The average molecular weight is 458 g/mol. The number of nitrogens with one attached hydrogen (secondary N) is 1. The van der Waals surface area contributed by atoms with E-state index in [4.69, 9.17) is 18.6 Å². The number of allylic oxidation sites excluding steroid dienone is 1. The summed E-state index contributed by atoms with van der Waals surface area (Å²) in [6.07, 6.45) is 1.63. The first-order valence-corrected chi connectivity index (χ1v) is 11.4. The molecular weight excluding hydrogens is 430 g/mol. The van der Waals surface area contributed by atoms with E-state index in [0.717, 1.165) is 11.3 Å². The molecule has 1 aliphatic heterocycles. The highest BCUT2D eigenvalue weighted by atomic mass is 32.2. The molecule has 0 amide bonds. The van der Waals surface area contributed by atoms with E-state index >= 15 is 0 Å². The van der Waals surface area contributed by atoms with E-state index in [-0.39, 0.29) is 6.61 Å². The molecule has 1 aromatic carbocycles. The van der Waals surface area contributed by atoms with Crippen molar-refractivity contribution in [2.75, 3.05) is 26.6 Å². The Morgan fingerprint density at radius 3 is 2.56 bits per heavy atom. The van der Waals surface area contributed by atoms with Crippen LogP contribution in [0, 0.1) is 0 Å². The fourth-order valence-electron chi connectivity index (χ4n) is 3.64. The quantitative estimate of drug-likeness (QED) is 0.562. The van der Waals surface area contributed by atoms with Crippen LogP contribution >= 0.6 is 11.8 Å². The lowest BCUT2D eigenvalue weighted by Gasteiger charge is -2.31. The summed E-state index contributed by atoms with van der Waals surface area (Å²) in [4.78, 5) is 25.9. The van der Waals surface area contributed by atoms with Gasteiger partial charge in [0.15, 0.2) is 0 Å². The van der Waals surface area contributed by atoms with Crippen LogP contribution < -0.4 is 10.1 Å². The molecule has 2 heterocycles. The minimum absolute atomic E-state index is 0.218. The number of thioether (sulfide) groups is 1. The summed E-state index contributed by atoms with van der Waals surface area (Å²) in [5.74, 6) is 0.973. The first-order chi connectivity index (χ1) is 15.5. The van der Waals surface area contributed by atoms with Gasteiger partial charge in [-0.2, -0.15) is 0 Å². The van der Waals surface area contributed by atoms with Crippen LogP contribution in [0.3, 0.4) is 0 Å². The monoisotopic (exact) mass is 457 g/mol. The van der Waals surface area contributed by atoms with Gasteiger partial charge in [0.1, 0.15) is 11.5 Å². The molecule has 1 N–H and O–H groups in total. The number of furan rings is 1. The second-order valence-corrected chi connectivity index (χ2v) is 8.04. The number of carbonyl (C=O) groups is 2. The molecule has 1 aliphatic rings. The van der Waals surface area contributed by atoms with Crippen LogP contribution in [0.5, 0.6) is 5.75 Å². The molecule has 1 aromatic heterocycles. The van der Waals surface area contributed by atoms with Gasteiger partial charge in [-0.3, -0.25) is 0 Å². The third-order valence-corrected chi connectivity index (χ3v) is 6.02. The van der Waals surface area contributed by atoms with Gasteiger partial charge in [0.25, 0.3) is 0 Å². The summed E-state index contributed by atoms with van der Waals surface area (Å²) >= 11 is 1.59. The fourth-order valence-corrected chi connectivity index (χ4v) is 4.54. The molecule has 0 radical (unpaired) electrons.